The standard InChI is InChI=1S/C10H25ClN2Si/c1-8-13(9-2)14(11,12(6)7)10(3,4)5/h8-9H2,1-7H3. The van der Waals surface area contributed by atoms with Gasteiger partial charge < -0.3 is 4.57 Å². The maximum atomic E-state index is 6.91. The molecule has 0 spiro atoms. The summed E-state index contributed by atoms with van der Waals surface area (Å²) in [4.78, 5) is 0. The second-order valence-electron chi connectivity index (χ2n) is 4.90. The van der Waals surface area contributed by atoms with Crippen LogP contribution in [0.15, 0.2) is 0 Å². The zero-order chi connectivity index (χ0) is 11.6. The van der Waals surface area contributed by atoms with Crippen molar-refractivity contribution in [3.05, 3.63) is 0 Å². The highest BCUT2D eigenvalue weighted by Gasteiger charge is 2.50. The Hall–Kier alpha value is 0.427. The minimum absolute atomic E-state index is 0.157. The average Bonchev–Trinajstić information content (AvgIpc) is 2.03. The van der Waals surface area contributed by atoms with Crippen LogP contribution in [0.4, 0.5) is 0 Å². The van der Waals surface area contributed by atoms with Gasteiger partial charge in [-0.3, -0.25) is 4.57 Å². The van der Waals surface area contributed by atoms with Gasteiger partial charge in [-0.05, 0) is 32.2 Å². The maximum Gasteiger partial charge on any atom is 0.312 e. The fourth-order valence-electron chi connectivity index (χ4n) is 2.07. The van der Waals surface area contributed by atoms with E-state index in [9.17, 15) is 0 Å². The Balaban J connectivity index is 5.08. The SMILES string of the molecule is CCN(CC)[Si](Cl)(N(C)C)C(C)(C)C. The molecule has 0 rings (SSSR count). The quantitative estimate of drug-likeness (QED) is 0.547. The molecular weight excluding hydrogens is 212 g/mol. The highest BCUT2D eigenvalue weighted by atomic mass is 35.6. The molecule has 2 nitrogen and oxygen atoms in total. The van der Waals surface area contributed by atoms with Crippen molar-refractivity contribution in [3.63, 3.8) is 0 Å². The maximum absolute atomic E-state index is 6.91. The van der Waals surface area contributed by atoms with E-state index >= 15 is 0 Å². The lowest BCUT2D eigenvalue weighted by atomic mass is 10.3. The van der Waals surface area contributed by atoms with E-state index in [4.69, 9.17) is 11.1 Å². The summed E-state index contributed by atoms with van der Waals surface area (Å²) < 4.78 is 4.66. The third-order valence-electron chi connectivity index (χ3n) is 2.73. The van der Waals surface area contributed by atoms with E-state index in [2.05, 4.69) is 57.8 Å². The molecule has 14 heavy (non-hydrogen) atoms. The summed E-state index contributed by atoms with van der Waals surface area (Å²) in [7, 11) is 2.18. The summed E-state index contributed by atoms with van der Waals surface area (Å²) in [5.41, 5.74) is 0. The van der Waals surface area contributed by atoms with E-state index in [1.807, 2.05) is 0 Å². The van der Waals surface area contributed by atoms with E-state index in [1.54, 1.807) is 0 Å². The molecule has 0 aliphatic carbocycles. The largest absolute Gasteiger partial charge is 0.312 e. The molecule has 1 unspecified atom stereocenters. The molecule has 0 aromatic rings. The summed E-state index contributed by atoms with van der Waals surface area (Å²) in [5, 5.41) is 0.157. The van der Waals surface area contributed by atoms with Crippen molar-refractivity contribution >= 4 is 18.8 Å². The second kappa shape index (κ2) is 4.97. The van der Waals surface area contributed by atoms with Crippen LogP contribution in [0.3, 0.4) is 0 Å². The van der Waals surface area contributed by atoms with Crippen LogP contribution in [0, 0.1) is 0 Å². The van der Waals surface area contributed by atoms with Gasteiger partial charge in [-0.25, -0.2) is 0 Å². The molecule has 0 aromatic heterocycles. The van der Waals surface area contributed by atoms with Crippen LogP contribution in [-0.2, 0) is 0 Å². The van der Waals surface area contributed by atoms with E-state index < -0.39 is 7.71 Å². The molecule has 0 aliphatic heterocycles. The highest BCUT2D eigenvalue weighted by Crippen LogP contribution is 2.42. The van der Waals surface area contributed by atoms with E-state index in [-0.39, 0.29) is 5.04 Å². The molecule has 0 radical (unpaired) electrons. The molecule has 0 aromatic carbocycles. The summed E-state index contributed by atoms with van der Waals surface area (Å²) in [6.45, 7) is 13.1. The molecule has 0 amide bonds. The van der Waals surface area contributed by atoms with Gasteiger partial charge in [-0.1, -0.05) is 34.6 Å². The smallest absolute Gasteiger partial charge is 0.305 e. The van der Waals surface area contributed by atoms with E-state index in [0.29, 0.717) is 0 Å². The molecule has 0 heterocycles. The van der Waals surface area contributed by atoms with Gasteiger partial charge >= 0.3 is 7.71 Å². The second-order valence-corrected chi connectivity index (χ2v) is 10.7. The van der Waals surface area contributed by atoms with Gasteiger partial charge in [0, 0.05) is 0 Å². The molecule has 0 aliphatic rings. The van der Waals surface area contributed by atoms with Gasteiger partial charge in [0.05, 0.1) is 0 Å². The first-order valence-electron chi connectivity index (χ1n) is 5.33. The van der Waals surface area contributed by atoms with Crippen molar-refractivity contribution in [2.75, 3.05) is 27.2 Å². The van der Waals surface area contributed by atoms with Crippen molar-refractivity contribution in [3.8, 4) is 0 Å². The van der Waals surface area contributed by atoms with Gasteiger partial charge in [-0.15, -0.1) is 11.1 Å². The minimum Gasteiger partial charge on any atom is -0.305 e. The van der Waals surface area contributed by atoms with Crippen LogP contribution in [0.1, 0.15) is 34.6 Å². The first kappa shape index (κ1) is 14.4. The lowest BCUT2D eigenvalue weighted by molar-refractivity contribution is 0.381. The molecule has 0 saturated heterocycles. The average molecular weight is 237 g/mol. The third kappa shape index (κ3) is 2.51. The number of halogens is 1. The van der Waals surface area contributed by atoms with Gasteiger partial charge in [0.15, 0.2) is 0 Å². The van der Waals surface area contributed by atoms with Crippen LogP contribution in [0.2, 0.25) is 5.04 Å². The fraction of sp³-hybridized carbons (Fsp3) is 1.00. The number of hydrogen-bond donors (Lipinski definition) is 0. The lowest BCUT2D eigenvalue weighted by Crippen LogP contribution is -2.64. The first-order valence-corrected chi connectivity index (χ1v) is 8.23. The minimum atomic E-state index is -2.02. The molecule has 0 bridgehead atoms. The van der Waals surface area contributed by atoms with Crippen molar-refractivity contribution in [2.24, 2.45) is 0 Å². The van der Waals surface area contributed by atoms with Crippen LogP contribution >= 0.6 is 11.1 Å². The Bertz CT molecular complexity index is 175. The fourth-order valence-corrected chi connectivity index (χ4v) is 6.48. The van der Waals surface area contributed by atoms with Crippen LogP contribution in [-0.4, -0.2) is 44.0 Å². The molecule has 4 heteroatoms. The summed E-state index contributed by atoms with van der Waals surface area (Å²) >= 11 is 6.91. The molecular formula is C10H25ClN2Si. The monoisotopic (exact) mass is 236 g/mol. The molecule has 0 saturated carbocycles. The number of nitrogens with zero attached hydrogens (tertiary/aromatic N) is 2. The van der Waals surface area contributed by atoms with Crippen LogP contribution in [0.5, 0.6) is 0 Å². The Morgan fingerprint density at radius 2 is 1.43 bits per heavy atom. The molecule has 1 atom stereocenters. The zero-order valence-corrected chi connectivity index (χ0v) is 12.4. The first-order chi connectivity index (χ1) is 6.21. The number of rotatable bonds is 4. The molecule has 0 fully saturated rings. The van der Waals surface area contributed by atoms with Crippen molar-refractivity contribution in [2.45, 2.75) is 39.7 Å². The lowest BCUT2D eigenvalue weighted by Gasteiger charge is -2.48. The Kier molecular flexibility index (Phi) is 5.12. The van der Waals surface area contributed by atoms with E-state index in [1.165, 1.54) is 0 Å². The van der Waals surface area contributed by atoms with Gasteiger partial charge in [-0.2, -0.15) is 0 Å². The predicted molar refractivity (Wildman–Crippen MR) is 67.9 cm³/mol. The highest BCUT2D eigenvalue weighted by molar-refractivity contribution is 7.18. The van der Waals surface area contributed by atoms with Crippen molar-refractivity contribution in [1.29, 1.82) is 0 Å². The third-order valence-corrected chi connectivity index (χ3v) is 10.7. The molecule has 0 N–H and O–H groups in total. The predicted octanol–water partition coefficient (Wildman–Crippen LogP) is 2.87. The summed E-state index contributed by atoms with van der Waals surface area (Å²) in [6, 6.07) is 0. The van der Waals surface area contributed by atoms with E-state index in [0.717, 1.165) is 13.1 Å². The zero-order valence-electron chi connectivity index (χ0n) is 10.7. The van der Waals surface area contributed by atoms with Crippen molar-refractivity contribution < 1.29 is 0 Å². The van der Waals surface area contributed by atoms with Crippen LogP contribution in [0.25, 0.3) is 0 Å². The topological polar surface area (TPSA) is 6.48 Å². The Morgan fingerprint density at radius 1 is 1.07 bits per heavy atom. The summed E-state index contributed by atoms with van der Waals surface area (Å²) in [6.07, 6.45) is 0. The van der Waals surface area contributed by atoms with Gasteiger partial charge in [0.1, 0.15) is 0 Å². The Labute approximate surface area is 95.1 Å². The van der Waals surface area contributed by atoms with Gasteiger partial charge in [0.2, 0.25) is 0 Å². The summed E-state index contributed by atoms with van der Waals surface area (Å²) in [5.74, 6) is 0. The number of hydrogen-bond acceptors (Lipinski definition) is 2. The van der Waals surface area contributed by atoms with Crippen molar-refractivity contribution in [1.82, 2.24) is 9.13 Å². The van der Waals surface area contributed by atoms with Gasteiger partial charge in [0.25, 0.3) is 0 Å². The van der Waals surface area contributed by atoms with Crippen LogP contribution < -0.4 is 0 Å². The Morgan fingerprint density at radius 3 is 1.50 bits per heavy atom. The normalized spacial score (nSPS) is 17.6. The molecule has 86 valence electrons.